The first kappa shape index (κ1) is 12.5. The molecule has 0 bridgehead atoms. The Labute approximate surface area is 95.3 Å². The van der Waals surface area contributed by atoms with Gasteiger partial charge in [-0.3, -0.25) is 0 Å². The van der Waals surface area contributed by atoms with Crippen molar-refractivity contribution in [2.45, 2.75) is 43.4 Å². The first-order valence-corrected chi connectivity index (χ1v) is 6.22. The molecule has 0 aliphatic rings. The summed E-state index contributed by atoms with van der Waals surface area (Å²) in [5.74, 6) is 0. The van der Waals surface area contributed by atoms with Crippen LogP contribution in [0.3, 0.4) is 0 Å². The summed E-state index contributed by atoms with van der Waals surface area (Å²) >= 11 is 1.70. The number of hydrogen-bond acceptors (Lipinski definition) is 4. The van der Waals surface area contributed by atoms with Crippen LogP contribution < -0.4 is 0 Å². The van der Waals surface area contributed by atoms with E-state index in [-0.39, 0.29) is 6.61 Å². The van der Waals surface area contributed by atoms with E-state index in [9.17, 15) is 0 Å². The zero-order chi connectivity index (χ0) is 11.1. The SMILES string of the molecule is CCCc1cc(SC(C)CCO)ncn1. The molecule has 1 unspecified atom stereocenters. The van der Waals surface area contributed by atoms with Crippen LogP contribution in [0.5, 0.6) is 0 Å². The van der Waals surface area contributed by atoms with Crippen molar-refractivity contribution in [3.63, 3.8) is 0 Å². The first-order chi connectivity index (χ1) is 7.26. The van der Waals surface area contributed by atoms with E-state index in [1.165, 1.54) is 0 Å². The maximum absolute atomic E-state index is 8.81. The third-order valence-electron chi connectivity index (χ3n) is 2.06. The van der Waals surface area contributed by atoms with Crippen molar-refractivity contribution < 1.29 is 5.11 Å². The Morgan fingerprint density at radius 3 is 2.93 bits per heavy atom. The summed E-state index contributed by atoms with van der Waals surface area (Å²) in [6.45, 7) is 4.48. The largest absolute Gasteiger partial charge is 0.396 e. The third-order valence-corrected chi connectivity index (χ3v) is 3.17. The highest BCUT2D eigenvalue weighted by Crippen LogP contribution is 2.23. The minimum atomic E-state index is 0.237. The van der Waals surface area contributed by atoms with E-state index in [4.69, 9.17) is 5.11 Å². The van der Waals surface area contributed by atoms with E-state index in [0.29, 0.717) is 5.25 Å². The van der Waals surface area contributed by atoms with Gasteiger partial charge in [-0.2, -0.15) is 0 Å². The second kappa shape index (κ2) is 6.80. The molecule has 0 saturated heterocycles. The van der Waals surface area contributed by atoms with Crippen LogP contribution in [0.4, 0.5) is 0 Å². The zero-order valence-electron chi connectivity index (χ0n) is 9.31. The van der Waals surface area contributed by atoms with Crippen LogP contribution >= 0.6 is 11.8 Å². The van der Waals surface area contributed by atoms with Gasteiger partial charge in [-0.1, -0.05) is 20.3 Å². The molecule has 0 aliphatic heterocycles. The van der Waals surface area contributed by atoms with Gasteiger partial charge in [0.1, 0.15) is 6.33 Å². The van der Waals surface area contributed by atoms with E-state index in [1.807, 2.05) is 6.07 Å². The number of aryl methyl sites for hydroxylation is 1. The van der Waals surface area contributed by atoms with Gasteiger partial charge in [0, 0.05) is 17.6 Å². The third kappa shape index (κ3) is 4.62. The number of rotatable bonds is 6. The van der Waals surface area contributed by atoms with Crippen LogP contribution in [-0.2, 0) is 6.42 Å². The maximum Gasteiger partial charge on any atom is 0.116 e. The van der Waals surface area contributed by atoms with Crippen LogP contribution in [-0.4, -0.2) is 26.9 Å². The van der Waals surface area contributed by atoms with Gasteiger partial charge in [0.15, 0.2) is 0 Å². The normalized spacial score (nSPS) is 12.7. The molecule has 1 rings (SSSR count). The molecule has 0 radical (unpaired) electrons. The van der Waals surface area contributed by atoms with Crippen molar-refractivity contribution in [2.75, 3.05) is 6.61 Å². The fourth-order valence-electron chi connectivity index (χ4n) is 1.28. The second-order valence-corrected chi connectivity index (χ2v) is 5.00. The van der Waals surface area contributed by atoms with Gasteiger partial charge in [0.05, 0.1) is 5.03 Å². The lowest BCUT2D eigenvalue weighted by atomic mass is 10.2. The molecular weight excluding hydrogens is 208 g/mol. The maximum atomic E-state index is 8.81. The molecule has 1 aromatic rings. The summed E-state index contributed by atoms with van der Waals surface area (Å²) < 4.78 is 0. The molecule has 0 fully saturated rings. The Morgan fingerprint density at radius 1 is 1.47 bits per heavy atom. The van der Waals surface area contributed by atoms with Crippen LogP contribution in [0.15, 0.2) is 17.4 Å². The van der Waals surface area contributed by atoms with Crippen LogP contribution in [0, 0.1) is 0 Å². The average molecular weight is 226 g/mol. The standard InChI is InChI=1S/C11H18N2OS/c1-3-4-10-7-11(13-8-12-10)15-9(2)5-6-14/h7-9,14H,3-6H2,1-2H3. The zero-order valence-corrected chi connectivity index (χ0v) is 10.1. The van der Waals surface area contributed by atoms with Gasteiger partial charge in [-0.05, 0) is 18.9 Å². The predicted octanol–water partition coefficient (Wildman–Crippen LogP) is 2.29. The molecule has 0 aromatic carbocycles. The Hall–Kier alpha value is -0.610. The lowest BCUT2D eigenvalue weighted by molar-refractivity contribution is 0.289. The molecule has 1 N–H and O–H groups in total. The van der Waals surface area contributed by atoms with Crippen molar-refractivity contribution >= 4 is 11.8 Å². The summed E-state index contributed by atoms with van der Waals surface area (Å²) in [5, 5.41) is 10.2. The van der Waals surface area contributed by atoms with Gasteiger partial charge in [-0.25, -0.2) is 9.97 Å². The molecule has 0 saturated carbocycles. The number of aliphatic hydroxyl groups is 1. The molecule has 0 spiro atoms. The fraction of sp³-hybridized carbons (Fsp3) is 0.636. The van der Waals surface area contributed by atoms with E-state index < -0.39 is 0 Å². The summed E-state index contributed by atoms with van der Waals surface area (Å²) in [6, 6.07) is 2.04. The topological polar surface area (TPSA) is 46.0 Å². The Balaban J connectivity index is 2.56. The summed E-state index contributed by atoms with van der Waals surface area (Å²) in [6.07, 6.45) is 4.54. The smallest absolute Gasteiger partial charge is 0.116 e. The van der Waals surface area contributed by atoms with Crippen molar-refractivity contribution in [3.8, 4) is 0 Å². The van der Waals surface area contributed by atoms with Crippen molar-refractivity contribution in [2.24, 2.45) is 0 Å². The number of thioether (sulfide) groups is 1. The van der Waals surface area contributed by atoms with Gasteiger partial charge in [0.25, 0.3) is 0 Å². The first-order valence-electron chi connectivity index (χ1n) is 5.34. The highest BCUT2D eigenvalue weighted by atomic mass is 32.2. The van der Waals surface area contributed by atoms with E-state index in [0.717, 1.165) is 30.0 Å². The number of aliphatic hydroxyl groups excluding tert-OH is 1. The average Bonchev–Trinajstić information content (AvgIpc) is 2.19. The lowest BCUT2D eigenvalue weighted by Gasteiger charge is -2.08. The molecule has 0 amide bonds. The van der Waals surface area contributed by atoms with Crippen LogP contribution in [0.25, 0.3) is 0 Å². The monoisotopic (exact) mass is 226 g/mol. The minimum absolute atomic E-state index is 0.237. The van der Waals surface area contributed by atoms with E-state index >= 15 is 0 Å². The Kier molecular flexibility index (Phi) is 5.65. The fourth-order valence-corrected chi connectivity index (χ4v) is 2.23. The number of nitrogens with zero attached hydrogens (tertiary/aromatic N) is 2. The van der Waals surface area contributed by atoms with Gasteiger partial charge in [0.2, 0.25) is 0 Å². The second-order valence-electron chi connectivity index (χ2n) is 3.54. The van der Waals surface area contributed by atoms with Crippen LogP contribution in [0.2, 0.25) is 0 Å². The molecular formula is C11H18N2OS. The summed E-state index contributed by atoms with van der Waals surface area (Å²) in [7, 11) is 0. The number of aromatic nitrogens is 2. The molecule has 84 valence electrons. The van der Waals surface area contributed by atoms with Gasteiger partial charge in [-0.15, -0.1) is 11.8 Å². The summed E-state index contributed by atoms with van der Waals surface area (Å²) in [5.41, 5.74) is 1.10. The molecule has 1 aromatic heterocycles. The molecule has 15 heavy (non-hydrogen) atoms. The quantitative estimate of drug-likeness (QED) is 0.597. The highest BCUT2D eigenvalue weighted by Gasteiger charge is 2.05. The molecule has 1 heterocycles. The van der Waals surface area contributed by atoms with Crippen LogP contribution in [0.1, 0.15) is 32.4 Å². The molecule has 3 nitrogen and oxygen atoms in total. The van der Waals surface area contributed by atoms with Crippen molar-refractivity contribution in [1.82, 2.24) is 9.97 Å². The van der Waals surface area contributed by atoms with E-state index in [2.05, 4.69) is 23.8 Å². The highest BCUT2D eigenvalue weighted by molar-refractivity contribution is 7.99. The van der Waals surface area contributed by atoms with Crippen molar-refractivity contribution in [3.05, 3.63) is 18.1 Å². The minimum Gasteiger partial charge on any atom is -0.396 e. The molecule has 0 aliphatic carbocycles. The van der Waals surface area contributed by atoms with E-state index in [1.54, 1.807) is 18.1 Å². The van der Waals surface area contributed by atoms with Gasteiger partial charge >= 0.3 is 0 Å². The molecule has 1 atom stereocenters. The molecule has 4 heteroatoms. The summed E-state index contributed by atoms with van der Waals surface area (Å²) in [4.78, 5) is 8.42. The lowest BCUT2D eigenvalue weighted by Crippen LogP contribution is -2.00. The predicted molar refractivity (Wildman–Crippen MR) is 63.0 cm³/mol. The van der Waals surface area contributed by atoms with Gasteiger partial charge < -0.3 is 5.11 Å². The Morgan fingerprint density at radius 2 is 2.27 bits per heavy atom. The number of hydrogen-bond donors (Lipinski definition) is 1. The Bertz CT molecular complexity index is 294. The van der Waals surface area contributed by atoms with Crippen molar-refractivity contribution in [1.29, 1.82) is 0 Å².